The quantitative estimate of drug-likeness (QED) is 0.505. The van der Waals surface area contributed by atoms with E-state index in [4.69, 9.17) is 0 Å². The first-order valence-electron chi connectivity index (χ1n) is 6.70. The zero-order valence-electron chi connectivity index (χ0n) is 11.8. The van der Waals surface area contributed by atoms with Crippen LogP contribution in [0.25, 0.3) is 21.6 Å². The van der Waals surface area contributed by atoms with Crippen molar-refractivity contribution in [2.75, 3.05) is 0 Å². The molecule has 22 heavy (non-hydrogen) atoms. The van der Waals surface area contributed by atoms with Gasteiger partial charge in [0.05, 0.1) is 4.88 Å². The molecule has 0 saturated heterocycles. The second-order valence-electron chi connectivity index (χ2n) is 4.97. The van der Waals surface area contributed by atoms with Gasteiger partial charge in [0.25, 0.3) is 0 Å². The fourth-order valence-corrected chi connectivity index (χ4v) is 3.70. The highest BCUT2D eigenvalue weighted by molar-refractivity contribution is 9.10. The summed E-state index contributed by atoms with van der Waals surface area (Å²) >= 11 is 4.90. The van der Waals surface area contributed by atoms with Crippen molar-refractivity contribution >= 4 is 33.6 Å². The van der Waals surface area contributed by atoms with Crippen LogP contribution in [0.3, 0.4) is 0 Å². The van der Waals surface area contributed by atoms with Gasteiger partial charge in [0.15, 0.2) is 6.29 Å². The van der Waals surface area contributed by atoms with E-state index in [1.54, 1.807) is 12.1 Å². The number of carbonyl (C=O) groups is 1. The number of hydrogen-bond acceptors (Lipinski definition) is 2. The normalized spacial score (nSPS) is 10.7. The predicted octanol–water partition coefficient (Wildman–Crippen LogP) is 6.10. The minimum Gasteiger partial charge on any atom is -0.297 e. The number of aldehydes is 1. The molecule has 0 aliphatic heterocycles. The minimum atomic E-state index is -0.265. The maximum absolute atomic E-state index is 13.1. The van der Waals surface area contributed by atoms with Crippen LogP contribution in [0.2, 0.25) is 0 Å². The number of rotatable bonds is 3. The highest BCUT2D eigenvalue weighted by atomic mass is 79.9. The molecule has 0 atom stereocenters. The van der Waals surface area contributed by atoms with Crippen molar-refractivity contribution in [1.82, 2.24) is 0 Å². The van der Waals surface area contributed by atoms with Crippen LogP contribution in [-0.2, 0) is 0 Å². The maximum Gasteiger partial charge on any atom is 0.160 e. The third-order valence-corrected chi connectivity index (χ3v) is 5.09. The van der Waals surface area contributed by atoms with Crippen molar-refractivity contribution in [3.63, 3.8) is 0 Å². The first-order valence-corrected chi connectivity index (χ1v) is 8.31. The molecule has 0 spiro atoms. The Hall–Kier alpha value is -1.78. The average molecular weight is 375 g/mol. The molecule has 1 nitrogen and oxygen atoms in total. The van der Waals surface area contributed by atoms with E-state index < -0.39 is 0 Å². The number of halogens is 2. The fraction of sp³-hybridized carbons (Fsp3) is 0.0556. The second-order valence-corrected chi connectivity index (χ2v) is 6.97. The predicted molar refractivity (Wildman–Crippen MR) is 93.0 cm³/mol. The van der Waals surface area contributed by atoms with E-state index in [9.17, 15) is 9.18 Å². The third-order valence-electron chi connectivity index (χ3n) is 3.49. The lowest BCUT2D eigenvalue weighted by Crippen LogP contribution is -1.85. The molecule has 3 aromatic rings. The van der Waals surface area contributed by atoms with Gasteiger partial charge in [-0.15, -0.1) is 11.3 Å². The summed E-state index contributed by atoms with van der Waals surface area (Å²) in [4.78, 5) is 13.1. The van der Waals surface area contributed by atoms with Crippen LogP contribution in [0, 0.1) is 12.7 Å². The third kappa shape index (κ3) is 2.89. The molecule has 3 rings (SSSR count). The molecule has 0 aliphatic rings. The van der Waals surface area contributed by atoms with Gasteiger partial charge in [-0.05, 0) is 53.9 Å². The molecular formula is C18H12BrFOS. The van der Waals surface area contributed by atoms with Crippen molar-refractivity contribution in [3.05, 3.63) is 69.3 Å². The molecule has 1 heterocycles. The first-order chi connectivity index (χ1) is 10.6. The van der Waals surface area contributed by atoms with Gasteiger partial charge < -0.3 is 0 Å². The molecule has 0 radical (unpaired) electrons. The Morgan fingerprint density at radius 1 is 1.05 bits per heavy atom. The van der Waals surface area contributed by atoms with Crippen LogP contribution in [0.15, 0.2) is 53.0 Å². The van der Waals surface area contributed by atoms with Gasteiger partial charge in [0.1, 0.15) is 5.82 Å². The number of benzene rings is 2. The van der Waals surface area contributed by atoms with Crippen molar-refractivity contribution < 1.29 is 9.18 Å². The topological polar surface area (TPSA) is 17.1 Å². The summed E-state index contributed by atoms with van der Waals surface area (Å²) in [6.07, 6.45) is 0.882. The molecule has 0 aliphatic carbocycles. The van der Waals surface area contributed by atoms with Crippen molar-refractivity contribution in [3.8, 4) is 21.6 Å². The zero-order chi connectivity index (χ0) is 15.7. The lowest BCUT2D eigenvalue weighted by atomic mass is 10.0. The monoisotopic (exact) mass is 374 g/mol. The van der Waals surface area contributed by atoms with Crippen LogP contribution in [0.4, 0.5) is 4.39 Å². The van der Waals surface area contributed by atoms with Crippen LogP contribution >= 0.6 is 27.3 Å². The SMILES string of the molecule is Cc1ccc(Br)cc1-c1cc(-c2ccc(F)cc2)sc1C=O. The summed E-state index contributed by atoms with van der Waals surface area (Å²) in [5, 5.41) is 0. The lowest BCUT2D eigenvalue weighted by Gasteiger charge is -2.05. The van der Waals surface area contributed by atoms with Gasteiger partial charge in [-0.3, -0.25) is 4.79 Å². The summed E-state index contributed by atoms with van der Waals surface area (Å²) in [7, 11) is 0. The molecular weight excluding hydrogens is 363 g/mol. The van der Waals surface area contributed by atoms with Crippen LogP contribution in [-0.4, -0.2) is 6.29 Å². The van der Waals surface area contributed by atoms with Crippen LogP contribution in [0.1, 0.15) is 15.2 Å². The summed E-state index contributed by atoms with van der Waals surface area (Å²) in [6.45, 7) is 2.02. The standard InChI is InChI=1S/C18H12BrFOS/c1-11-2-5-13(19)8-15(11)16-9-17(22-18(16)10-21)12-3-6-14(20)7-4-12/h2-10H,1H3. The Labute approximate surface area is 140 Å². The number of hydrogen-bond donors (Lipinski definition) is 0. The first kappa shape index (κ1) is 15.1. The molecule has 110 valence electrons. The molecule has 0 saturated carbocycles. The smallest absolute Gasteiger partial charge is 0.160 e. The van der Waals surface area contributed by atoms with E-state index in [1.165, 1.54) is 23.5 Å². The highest BCUT2D eigenvalue weighted by Gasteiger charge is 2.14. The molecule has 0 fully saturated rings. The Kier molecular flexibility index (Phi) is 4.23. The Morgan fingerprint density at radius 3 is 2.45 bits per heavy atom. The van der Waals surface area contributed by atoms with E-state index in [-0.39, 0.29) is 5.82 Å². The summed E-state index contributed by atoms with van der Waals surface area (Å²) < 4.78 is 14.0. The molecule has 0 N–H and O–H groups in total. The minimum absolute atomic E-state index is 0.265. The zero-order valence-corrected chi connectivity index (χ0v) is 14.2. The molecule has 2 aromatic carbocycles. The van der Waals surface area contributed by atoms with Crippen LogP contribution < -0.4 is 0 Å². The van der Waals surface area contributed by atoms with E-state index in [0.717, 1.165) is 37.9 Å². The van der Waals surface area contributed by atoms with E-state index >= 15 is 0 Å². The van der Waals surface area contributed by atoms with E-state index in [0.29, 0.717) is 4.88 Å². The summed E-state index contributed by atoms with van der Waals surface area (Å²) in [5.74, 6) is -0.265. The van der Waals surface area contributed by atoms with Gasteiger partial charge in [-0.1, -0.05) is 34.1 Å². The van der Waals surface area contributed by atoms with Crippen molar-refractivity contribution in [1.29, 1.82) is 0 Å². The molecule has 4 heteroatoms. The van der Waals surface area contributed by atoms with Gasteiger partial charge in [-0.2, -0.15) is 0 Å². The number of aryl methyl sites for hydroxylation is 1. The van der Waals surface area contributed by atoms with E-state index in [1.807, 2.05) is 31.2 Å². The van der Waals surface area contributed by atoms with Crippen LogP contribution in [0.5, 0.6) is 0 Å². The van der Waals surface area contributed by atoms with E-state index in [2.05, 4.69) is 15.9 Å². The Morgan fingerprint density at radius 2 is 1.77 bits per heavy atom. The van der Waals surface area contributed by atoms with Gasteiger partial charge in [-0.25, -0.2) is 4.39 Å². The highest BCUT2D eigenvalue weighted by Crippen LogP contribution is 2.38. The van der Waals surface area contributed by atoms with Crippen molar-refractivity contribution in [2.24, 2.45) is 0 Å². The summed E-state index contributed by atoms with van der Waals surface area (Å²) in [5.41, 5.74) is 3.96. The summed E-state index contributed by atoms with van der Waals surface area (Å²) in [6, 6.07) is 14.3. The largest absolute Gasteiger partial charge is 0.297 e. The molecule has 0 amide bonds. The van der Waals surface area contributed by atoms with Crippen molar-refractivity contribution in [2.45, 2.75) is 6.92 Å². The molecule has 1 aromatic heterocycles. The number of thiophene rings is 1. The Bertz CT molecular complexity index is 837. The number of carbonyl (C=O) groups excluding carboxylic acids is 1. The van der Waals surface area contributed by atoms with Gasteiger partial charge >= 0.3 is 0 Å². The maximum atomic E-state index is 13.1. The second kappa shape index (κ2) is 6.15. The Balaban J connectivity index is 2.14. The van der Waals surface area contributed by atoms with Gasteiger partial charge in [0, 0.05) is 14.9 Å². The molecule has 0 bridgehead atoms. The van der Waals surface area contributed by atoms with Gasteiger partial charge in [0.2, 0.25) is 0 Å². The average Bonchev–Trinajstić information content (AvgIpc) is 2.94. The molecule has 0 unspecified atom stereocenters. The lowest BCUT2D eigenvalue weighted by molar-refractivity contribution is 0.112. The fourth-order valence-electron chi connectivity index (χ4n) is 2.34.